The third-order valence-electron chi connectivity index (χ3n) is 5.37. The van der Waals surface area contributed by atoms with E-state index < -0.39 is 0 Å². The number of amides is 1. The summed E-state index contributed by atoms with van der Waals surface area (Å²) < 4.78 is 1.46. The van der Waals surface area contributed by atoms with Gasteiger partial charge in [-0.2, -0.15) is 0 Å². The molecule has 6 nitrogen and oxygen atoms in total. The zero-order valence-electron chi connectivity index (χ0n) is 15.3. The maximum absolute atomic E-state index is 12.6. The molecule has 0 radical (unpaired) electrons. The van der Waals surface area contributed by atoms with Gasteiger partial charge in [0.2, 0.25) is 5.91 Å². The van der Waals surface area contributed by atoms with Gasteiger partial charge in [-0.3, -0.25) is 9.59 Å². The molecule has 2 aromatic carbocycles. The van der Waals surface area contributed by atoms with Crippen molar-refractivity contribution < 1.29 is 4.79 Å². The highest BCUT2D eigenvalue weighted by Gasteiger charge is 2.27. The summed E-state index contributed by atoms with van der Waals surface area (Å²) in [6, 6.07) is 14.4. The topological polar surface area (TPSA) is 76.9 Å². The molecule has 1 aliphatic carbocycles. The monoisotopic (exact) mass is 396 g/mol. The summed E-state index contributed by atoms with van der Waals surface area (Å²) in [4.78, 5) is 25.1. The predicted molar refractivity (Wildman–Crippen MR) is 109 cm³/mol. The van der Waals surface area contributed by atoms with E-state index in [4.69, 9.17) is 11.6 Å². The number of fused-ring (bicyclic) bond motifs is 1. The van der Waals surface area contributed by atoms with Crippen LogP contribution < -0.4 is 10.9 Å². The molecule has 1 saturated carbocycles. The second-order valence-corrected chi connectivity index (χ2v) is 7.75. The fraction of sp³-hybridized carbons (Fsp3) is 0.333. The van der Waals surface area contributed by atoms with E-state index >= 15 is 0 Å². The van der Waals surface area contributed by atoms with Gasteiger partial charge in [0.05, 0.1) is 5.39 Å². The summed E-state index contributed by atoms with van der Waals surface area (Å²) >= 11 is 5.97. The lowest BCUT2D eigenvalue weighted by atomic mass is 9.81. The molecule has 0 bridgehead atoms. The number of benzene rings is 2. The minimum absolute atomic E-state index is 0.0189. The summed E-state index contributed by atoms with van der Waals surface area (Å²) in [5, 5.41) is 12.4. The molecule has 7 heteroatoms. The fourth-order valence-corrected chi connectivity index (χ4v) is 4.00. The van der Waals surface area contributed by atoms with E-state index in [0.29, 0.717) is 28.4 Å². The third-order valence-corrected chi connectivity index (χ3v) is 5.61. The quantitative estimate of drug-likeness (QED) is 0.725. The molecule has 0 unspecified atom stereocenters. The normalized spacial score (nSPS) is 19.5. The zero-order chi connectivity index (χ0) is 19.5. The van der Waals surface area contributed by atoms with Crippen molar-refractivity contribution in [3.63, 3.8) is 0 Å². The SMILES string of the molecule is O=C(Nc1cccc(Cl)c1)C1CCC(Cn2nnc3ccccc3c2=O)CC1. The van der Waals surface area contributed by atoms with Crippen LogP contribution in [-0.4, -0.2) is 20.9 Å². The van der Waals surface area contributed by atoms with Gasteiger partial charge in [-0.15, -0.1) is 5.10 Å². The third kappa shape index (κ3) is 4.07. The number of halogens is 1. The number of hydrogen-bond donors (Lipinski definition) is 1. The van der Waals surface area contributed by atoms with Crippen LogP contribution in [-0.2, 0) is 11.3 Å². The predicted octanol–water partition coefficient (Wildman–Crippen LogP) is 3.89. The van der Waals surface area contributed by atoms with E-state index in [1.54, 1.807) is 24.3 Å². The molecule has 0 atom stereocenters. The van der Waals surface area contributed by atoms with Crippen molar-refractivity contribution in [2.45, 2.75) is 32.2 Å². The van der Waals surface area contributed by atoms with Crippen molar-refractivity contribution in [3.8, 4) is 0 Å². The van der Waals surface area contributed by atoms with Crippen molar-refractivity contribution in [2.24, 2.45) is 11.8 Å². The van der Waals surface area contributed by atoms with Crippen LogP contribution in [0.4, 0.5) is 5.69 Å². The maximum atomic E-state index is 12.6. The van der Waals surface area contributed by atoms with Crippen LogP contribution in [0.3, 0.4) is 0 Å². The molecular formula is C21H21ClN4O2. The summed E-state index contributed by atoms with van der Waals surface area (Å²) in [6.45, 7) is 0.541. The van der Waals surface area contributed by atoms with Crippen LogP contribution in [0.1, 0.15) is 25.7 Å². The lowest BCUT2D eigenvalue weighted by molar-refractivity contribution is -0.121. The highest BCUT2D eigenvalue weighted by atomic mass is 35.5. The molecule has 144 valence electrons. The Balaban J connectivity index is 1.36. The molecule has 1 aliphatic rings. The Kier molecular flexibility index (Phi) is 5.39. The first-order valence-electron chi connectivity index (χ1n) is 9.49. The van der Waals surface area contributed by atoms with Crippen LogP contribution >= 0.6 is 11.6 Å². The van der Waals surface area contributed by atoms with Crippen LogP contribution in [0.25, 0.3) is 10.9 Å². The van der Waals surface area contributed by atoms with Crippen molar-refractivity contribution in [2.75, 3.05) is 5.32 Å². The number of nitrogens with zero attached hydrogens (tertiary/aromatic N) is 3. The first kappa shape index (κ1) is 18.6. The summed E-state index contributed by atoms with van der Waals surface area (Å²) in [7, 11) is 0. The molecule has 0 aliphatic heterocycles. The molecule has 0 spiro atoms. The Labute approximate surface area is 167 Å². The lowest BCUT2D eigenvalue weighted by Gasteiger charge is -2.27. The minimum Gasteiger partial charge on any atom is -0.326 e. The van der Waals surface area contributed by atoms with Crippen LogP contribution in [0.2, 0.25) is 5.02 Å². The van der Waals surface area contributed by atoms with Crippen molar-refractivity contribution in [3.05, 3.63) is 63.9 Å². The van der Waals surface area contributed by atoms with Gasteiger partial charge in [0.25, 0.3) is 5.56 Å². The average Bonchev–Trinajstić information content (AvgIpc) is 2.71. The number of rotatable bonds is 4. The summed E-state index contributed by atoms with van der Waals surface area (Å²) in [5.74, 6) is 0.335. The number of aromatic nitrogens is 3. The minimum atomic E-state index is -0.105. The van der Waals surface area contributed by atoms with E-state index in [9.17, 15) is 9.59 Å². The number of nitrogens with one attached hydrogen (secondary N) is 1. The van der Waals surface area contributed by atoms with E-state index in [0.717, 1.165) is 31.4 Å². The summed E-state index contributed by atoms with van der Waals surface area (Å²) in [5.41, 5.74) is 1.23. The Hall–Kier alpha value is -2.73. The Morgan fingerprint density at radius 3 is 2.68 bits per heavy atom. The molecule has 28 heavy (non-hydrogen) atoms. The molecule has 1 heterocycles. The van der Waals surface area contributed by atoms with Gasteiger partial charge in [-0.25, -0.2) is 4.68 Å². The number of carbonyl (C=O) groups excluding carboxylic acids is 1. The molecule has 1 N–H and O–H groups in total. The smallest absolute Gasteiger partial charge is 0.277 e. The van der Waals surface area contributed by atoms with Gasteiger partial charge in [0, 0.05) is 23.2 Å². The Morgan fingerprint density at radius 1 is 1.11 bits per heavy atom. The molecule has 4 rings (SSSR count). The van der Waals surface area contributed by atoms with Crippen LogP contribution in [0.5, 0.6) is 0 Å². The van der Waals surface area contributed by atoms with Gasteiger partial charge < -0.3 is 5.32 Å². The number of anilines is 1. The first-order chi connectivity index (χ1) is 13.6. The van der Waals surface area contributed by atoms with E-state index in [1.807, 2.05) is 24.3 Å². The van der Waals surface area contributed by atoms with E-state index in [1.165, 1.54) is 4.68 Å². The maximum Gasteiger partial charge on any atom is 0.277 e. The van der Waals surface area contributed by atoms with Gasteiger partial charge in [-0.1, -0.05) is 35.0 Å². The lowest BCUT2D eigenvalue weighted by Crippen LogP contribution is -2.32. The Morgan fingerprint density at radius 2 is 1.89 bits per heavy atom. The Bertz CT molecular complexity index is 1060. The zero-order valence-corrected chi connectivity index (χ0v) is 16.1. The molecule has 1 fully saturated rings. The molecule has 1 amide bonds. The van der Waals surface area contributed by atoms with Crippen molar-refractivity contribution in [1.29, 1.82) is 0 Å². The second-order valence-electron chi connectivity index (χ2n) is 7.31. The molecule has 0 saturated heterocycles. The van der Waals surface area contributed by atoms with Crippen LogP contribution in [0, 0.1) is 11.8 Å². The van der Waals surface area contributed by atoms with Gasteiger partial charge >= 0.3 is 0 Å². The first-order valence-corrected chi connectivity index (χ1v) is 9.87. The average molecular weight is 397 g/mol. The molecular weight excluding hydrogens is 376 g/mol. The second kappa shape index (κ2) is 8.10. The highest BCUT2D eigenvalue weighted by molar-refractivity contribution is 6.30. The van der Waals surface area contributed by atoms with E-state index in [2.05, 4.69) is 15.6 Å². The standard InChI is InChI=1S/C21H21ClN4O2/c22-16-4-3-5-17(12-16)23-20(27)15-10-8-14(9-11-15)13-26-21(28)18-6-1-2-7-19(18)24-25-26/h1-7,12,14-15H,8-11,13H2,(H,23,27). The van der Waals surface area contributed by atoms with Gasteiger partial charge in [-0.05, 0) is 61.9 Å². The van der Waals surface area contributed by atoms with Gasteiger partial charge in [0.1, 0.15) is 5.52 Å². The van der Waals surface area contributed by atoms with E-state index in [-0.39, 0.29) is 17.4 Å². The summed E-state index contributed by atoms with van der Waals surface area (Å²) in [6.07, 6.45) is 3.36. The van der Waals surface area contributed by atoms with Gasteiger partial charge in [0.15, 0.2) is 0 Å². The number of carbonyl (C=O) groups is 1. The highest BCUT2D eigenvalue weighted by Crippen LogP contribution is 2.30. The fourth-order valence-electron chi connectivity index (χ4n) is 3.81. The van der Waals surface area contributed by atoms with Crippen molar-refractivity contribution >= 4 is 34.1 Å². The van der Waals surface area contributed by atoms with Crippen molar-refractivity contribution in [1.82, 2.24) is 15.0 Å². The number of hydrogen-bond acceptors (Lipinski definition) is 4. The van der Waals surface area contributed by atoms with Crippen LogP contribution in [0.15, 0.2) is 53.3 Å². The largest absolute Gasteiger partial charge is 0.326 e. The molecule has 3 aromatic rings. The molecule has 1 aromatic heterocycles.